The summed E-state index contributed by atoms with van der Waals surface area (Å²) in [5.74, 6) is -1.09. The lowest BCUT2D eigenvalue weighted by molar-refractivity contribution is -0.163. The molecule has 2 fully saturated rings. The minimum atomic E-state index is -0.441. The summed E-state index contributed by atoms with van der Waals surface area (Å²) in [7, 11) is 3.48. The molecule has 0 radical (unpaired) electrons. The van der Waals surface area contributed by atoms with E-state index in [1.807, 2.05) is 6.07 Å². The van der Waals surface area contributed by atoms with E-state index in [1.165, 1.54) is 7.11 Å². The van der Waals surface area contributed by atoms with Crippen molar-refractivity contribution in [2.24, 2.45) is 5.92 Å². The zero-order chi connectivity index (χ0) is 17.3. The van der Waals surface area contributed by atoms with Crippen LogP contribution in [-0.2, 0) is 14.3 Å². The third-order valence-corrected chi connectivity index (χ3v) is 5.95. The van der Waals surface area contributed by atoms with Crippen LogP contribution in [-0.4, -0.2) is 48.7 Å². The molecule has 0 spiro atoms. The Balaban J connectivity index is 1.89. The highest BCUT2D eigenvalue weighted by molar-refractivity contribution is 5.89. The Hall–Kier alpha value is -1.88. The molecule has 1 aromatic carbocycles. The highest BCUT2D eigenvalue weighted by Gasteiger charge is 2.59. The van der Waals surface area contributed by atoms with Crippen LogP contribution in [0.5, 0.6) is 0 Å². The standard InChI is InChI=1S/C19H25NO4/c1-4-19-11-10-14(20(19)2)12-15(16(19)18(22)23-3)24-17(21)13-8-6-5-7-9-13/h5-9,14-16H,4,10-12H2,1-3H3. The van der Waals surface area contributed by atoms with E-state index in [9.17, 15) is 9.59 Å². The van der Waals surface area contributed by atoms with Crippen molar-refractivity contribution in [3.8, 4) is 0 Å². The number of carbonyl (C=O) groups excluding carboxylic acids is 2. The van der Waals surface area contributed by atoms with Crippen LogP contribution in [0.1, 0.15) is 43.0 Å². The van der Waals surface area contributed by atoms with E-state index in [1.54, 1.807) is 24.3 Å². The van der Waals surface area contributed by atoms with Crippen LogP contribution in [0.2, 0.25) is 0 Å². The third kappa shape index (κ3) is 2.61. The van der Waals surface area contributed by atoms with Gasteiger partial charge in [0, 0.05) is 18.0 Å². The lowest BCUT2D eigenvalue weighted by Crippen LogP contribution is -2.61. The van der Waals surface area contributed by atoms with E-state index in [4.69, 9.17) is 9.47 Å². The molecule has 2 aliphatic rings. The molecule has 4 unspecified atom stereocenters. The number of hydrogen-bond donors (Lipinski definition) is 0. The Morgan fingerprint density at radius 1 is 1.29 bits per heavy atom. The molecule has 3 rings (SSSR count). The molecule has 2 heterocycles. The van der Waals surface area contributed by atoms with Crippen LogP contribution in [0.15, 0.2) is 30.3 Å². The monoisotopic (exact) mass is 331 g/mol. The Kier molecular flexibility index (Phi) is 4.63. The molecule has 4 atom stereocenters. The largest absolute Gasteiger partial charge is 0.469 e. The molecule has 0 aromatic heterocycles. The first-order valence-corrected chi connectivity index (χ1v) is 8.60. The number of fused-ring (bicyclic) bond motifs is 2. The SMILES string of the molecule is CCC12CCC(CC(OC(=O)c3ccccc3)C1C(=O)OC)N2C. The van der Waals surface area contributed by atoms with E-state index in [0.29, 0.717) is 18.0 Å². The van der Waals surface area contributed by atoms with Gasteiger partial charge in [-0.15, -0.1) is 0 Å². The van der Waals surface area contributed by atoms with E-state index < -0.39 is 12.0 Å². The maximum atomic E-state index is 12.6. The van der Waals surface area contributed by atoms with Crippen LogP contribution >= 0.6 is 0 Å². The number of piperidine rings is 1. The highest BCUT2D eigenvalue weighted by Crippen LogP contribution is 2.49. The average Bonchev–Trinajstić information content (AvgIpc) is 2.82. The highest BCUT2D eigenvalue weighted by atomic mass is 16.6. The zero-order valence-electron chi connectivity index (χ0n) is 14.5. The number of rotatable bonds is 4. The summed E-state index contributed by atoms with van der Waals surface area (Å²) in [6, 6.07) is 9.28. The van der Waals surface area contributed by atoms with Gasteiger partial charge in [-0.05, 0) is 38.4 Å². The van der Waals surface area contributed by atoms with Crippen LogP contribution in [0.4, 0.5) is 0 Å². The van der Waals surface area contributed by atoms with Crippen molar-refractivity contribution in [1.29, 1.82) is 0 Å². The molecule has 1 aromatic rings. The Morgan fingerprint density at radius 2 is 2.00 bits per heavy atom. The van der Waals surface area contributed by atoms with Crippen LogP contribution < -0.4 is 0 Å². The fraction of sp³-hybridized carbons (Fsp3) is 0.579. The quantitative estimate of drug-likeness (QED) is 0.794. The molecule has 2 bridgehead atoms. The van der Waals surface area contributed by atoms with Crippen LogP contribution in [0, 0.1) is 5.92 Å². The predicted molar refractivity (Wildman–Crippen MR) is 89.6 cm³/mol. The maximum absolute atomic E-state index is 12.6. The van der Waals surface area contributed by atoms with Gasteiger partial charge in [0.05, 0.1) is 12.7 Å². The normalized spacial score (nSPS) is 32.4. The summed E-state index contributed by atoms with van der Waals surface area (Å²) in [6.45, 7) is 2.09. The lowest BCUT2D eigenvalue weighted by Gasteiger charge is -2.49. The van der Waals surface area contributed by atoms with Gasteiger partial charge in [0.15, 0.2) is 0 Å². The van der Waals surface area contributed by atoms with E-state index in [0.717, 1.165) is 19.3 Å². The molecular formula is C19H25NO4. The third-order valence-electron chi connectivity index (χ3n) is 5.95. The van der Waals surface area contributed by atoms with Gasteiger partial charge in [-0.25, -0.2) is 4.79 Å². The molecule has 0 amide bonds. The van der Waals surface area contributed by atoms with E-state index in [2.05, 4.69) is 18.9 Å². The van der Waals surface area contributed by atoms with E-state index in [-0.39, 0.29) is 17.5 Å². The lowest BCUT2D eigenvalue weighted by atomic mass is 9.74. The second-order valence-electron chi connectivity index (χ2n) is 6.81. The number of hydrogen-bond acceptors (Lipinski definition) is 5. The number of carbonyl (C=O) groups is 2. The Morgan fingerprint density at radius 3 is 2.62 bits per heavy atom. The van der Waals surface area contributed by atoms with Gasteiger partial charge in [-0.2, -0.15) is 0 Å². The smallest absolute Gasteiger partial charge is 0.338 e. The number of methoxy groups -OCH3 is 1. The molecule has 0 saturated carbocycles. The summed E-state index contributed by atoms with van der Waals surface area (Å²) in [5, 5.41) is 0. The molecule has 5 nitrogen and oxygen atoms in total. The molecule has 5 heteroatoms. The minimum absolute atomic E-state index is 0.280. The van der Waals surface area contributed by atoms with Gasteiger partial charge in [0.25, 0.3) is 0 Å². The first-order valence-electron chi connectivity index (χ1n) is 8.60. The summed E-state index contributed by atoms with van der Waals surface area (Å²) in [6.07, 6.45) is 3.03. The van der Waals surface area contributed by atoms with Crippen molar-refractivity contribution >= 4 is 11.9 Å². The van der Waals surface area contributed by atoms with Crippen molar-refractivity contribution in [2.45, 2.75) is 50.3 Å². The summed E-state index contributed by atoms with van der Waals surface area (Å²) >= 11 is 0. The van der Waals surface area contributed by atoms with Gasteiger partial charge >= 0.3 is 11.9 Å². The molecule has 2 aliphatic heterocycles. The van der Waals surface area contributed by atoms with Gasteiger partial charge in [-0.1, -0.05) is 25.1 Å². The number of nitrogens with zero attached hydrogens (tertiary/aromatic N) is 1. The van der Waals surface area contributed by atoms with Crippen molar-refractivity contribution in [2.75, 3.05) is 14.2 Å². The molecule has 0 aliphatic carbocycles. The Bertz CT molecular complexity index is 617. The molecule has 130 valence electrons. The van der Waals surface area contributed by atoms with Gasteiger partial charge in [0.1, 0.15) is 12.0 Å². The summed E-state index contributed by atoms with van der Waals surface area (Å²) < 4.78 is 10.9. The zero-order valence-corrected chi connectivity index (χ0v) is 14.5. The van der Waals surface area contributed by atoms with Crippen molar-refractivity contribution < 1.29 is 19.1 Å². The number of ether oxygens (including phenoxy) is 2. The van der Waals surface area contributed by atoms with Crippen LogP contribution in [0.25, 0.3) is 0 Å². The van der Waals surface area contributed by atoms with Crippen LogP contribution in [0.3, 0.4) is 0 Å². The number of benzene rings is 1. The second-order valence-corrected chi connectivity index (χ2v) is 6.81. The molecular weight excluding hydrogens is 306 g/mol. The van der Waals surface area contributed by atoms with Gasteiger partial charge in [0.2, 0.25) is 0 Å². The van der Waals surface area contributed by atoms with Crippen molar-refractivity contribution in [3.63, 3.8) is 0 Å². The topological polar surface area (TPSA) is 55.8 Å². The predicted octanol–water partition coefficient (Wildman–Crippen LogP) is 2.65. The second kappa shape index (κ2) is 6.55. The maximum Gasteiger partial charge on any atom is 0.338 e. The fourth-order valence-corrected chi connectivity index (χ4v) is 4.59. The average molecular weight is 331 g/mol. The summed E-state index contributed by atoms with van der Waals surface area (Å²) in [4.78, 5) is 27.3. The van der Waals surface area contributed by atoms with Crippen molar-refractivity contribution in [1.82, 2.24) is 4.90 Å². The fourth-order valence-electron chi connectivity index (χ4n) is 4.59. The minimum Gasteiger partial charge on any atom is -0.469 e. The first kappa shape index (κ1) is 17.0. The number of esters is 2. The van der Waals surface area contributed by atoms with Gasteiger partial charge < -0.3 is 9.47 Å². The van der Waals surface area contributed by atoms with Gasteiger partial charge in [-0.3, -0.25) is 9.69 Å². The Labute approximate surface area is 142 Å². The molecule has 2 saturated heterocycles. The molecule has 0 N–H and O–H groups in total. The van der Waals surface area contributed by atoms with Crippen molar-refractivity contribution in [3.05, 3.63) is 35.9 Å². The van der Waals surface area contributed by atoms with E-state index >= 15 is 0 Å². The first-order chi connectivity index (χ1) is 11.5. The molecule has 24 heavy (non-hydrogen) atoms. The summed E-state index contributed by atoms with van der Waals surface area (Å²) in [5.41, 5.74) is 0.232.